The van der Waals surface area contributed by atoms with Crippen molar-refractivity contribution in [3.8, 4) is 0 Å². The first-order chi connectivity index (χ1) is 8.76. The largest absolute Gasteiger partial charge is 0.361 e. The third-order valence-corrected chi connectivity index (χ3v) is 2.93. The van der Waals surface area contributed by atoms with Gasteiger partial charge >= 0.3 is 0 Å². The van der Waals surface area contributed by atoms with Crippen LogP contribution in [-0.2, 0) is 0 Å². The van der Waals surface area contributed by atoms with E-state index < -0.39 is 0 Å². The third-order valence-electron chi connectivity index (χ3n) is 2.93. The second-order valence-electron chi connectivity index (χ2n) is 4.32. The predicted octanol–water partition coefficient (Wildman–Crippen LogP) is 3.21. The van der Waals surface area contributed by atoms with E-state index in [0.29, 0.717) is 6.54 Å². The lowest BCUT2D eigenvalue weighted by atomic mass is 10.1. The molecular formula is C15H18N2O. The van der Waals surface area contributed by atoms with Crippen LogP contribution < -0.4 is 0 Å². The molecule has 0 aliphatic carbocycles. The summed E-state index contributed by atoms with van der Waals surface area (Å²) in [7, 11) is 0. The van der Waals surface area contributed by atoms with Crippen LogP contribution in [0.4, 0.5) is 0 Å². The van der Waals surface area contributed by atoms with Gasteiger partial charge in [0.25, 0.3) is 5.91 Å². The quantitative estimate of drug-likeness (QED) is 0.803. The van der Waals surface area contributed by atoms with Crippen molar-refractivity contribution in [3.63, 3.8) is 0 Å². The van der Waals surface area contributed by atoms with Crippen LogP contribution in [0.2, 0.25) is 0 Å². The Kier molecular flexibility index (Phi) is 3.82. The summed E-state index contributed by atoms with van der Waals surface area (Å²) in [6, 6.07) is 7.75. The number of amides is 1. The Hall–Kier alpha value is -2.03. The minimum absolute atomic E-state index is 0.0632. The number of hydrogen-bond acceptors (Lipinski definition) is 1. The Balaban J connectivity index is 2.27. The van der Waals surface area contributed by atoms with Crippen LogP contribution >= 0.6 is 0 Å². The molecule has 1 aromatic carbocycles. The zero-order chi connectivity index (χ0) is 13.0. The first kappa shape index (κ1) is 12.4. The lowest BCUT2D eigenvalue weighted by molar-refractivity contribution is 0.0774. The number of nitrogens with zero attached hydrogens (tertiary/aromatic N) is 1. The number of carbonyl (C=O) groups excluding carboxylic acids is 1. The molecule has 0 spiro atoms. The molecule has 0 saturated heterocycles. The van der Waals surface area contributed by atoms with Gasteiger partial charge in [0.05, 0.1) is 0 Å². The summed E-state index contributed by atoms with van der Waals surface area (Å²) in [5.41, 5.74) is 1.72. The van der Waals surface area contributed by atoms with E-state index in [4.69, 9.17) is 0 Å². The number of benzene rings is 1. The highest BCUT2D eigenvalue weighted by Gasteiger charge is 2.14. The van der Waals surface area contributed by atoms with Crippen molar-refractivity contribution in [2.75, 3.05) is 13.1 Å². The standard InChI is InChI=1S/C15H18N2O/c1-3-9-17(10-4-2)15(18)13-6-5-12-7-8-16-14(12)11-13/h3,5-8,11,16H,1,4,9-10H2,2H3. The van der Waals surface area contributed by atoms with Gasteiger partial charge in [0.2, 0.25) is 0 Å². The molecule has 0 aliphatic heterocycles. The van der Waals surface area contributed by atoms with Gasteiger partial charge in [0, 0.05) is 30.4 Å². The molecule has 2 aromatic rings. The van der Waals surface area contributed by atoms with Gasteiger partial charge in [-0.05, 0) is 30.0 Å². The van der Waals surface area contributed by atoms with Gasteiger partial charge in [-0.3, -0.25) is 4.79 Å². The van der Waals surface area contributed by atoms with Gasteiger partial charge in [-0.2, -0.15) is 0 Å². The summed E-state index contributed by atoms with van der Waals surface area (Å²) < 4.78 is 0. The number of carbonyl (C=O) groups is 1. The zero-order valence-electron chi connectivity index (χ0n) is 10.6. The van der Waals surface area contributed by atoms with Gasteiger partial charge in [-0.1, -0.05) is 19.1 Å². The van der Waals surface area contributed by atoms with Crippen LogP contribution in [0, 0.1) is 0 Å². The molecule has 0 atom stereocenters. The fourth-order valence-electron chi connectivity index (χ4n) is 2.06. The van der Waals surface area contributed by atoms with E-state index in [1.807, 2.05) is 35.4 Å². The number of nitrogens with one attached hydrogen (secondary N) is 1. The average molecular weight is 242 g/mol. The highest BCUT2D eigenvalue weighted by atomic mass is 16.2. The Morgan fingerprint density at radius 3 is 3.00 bits per heavy atom. The Bertz CT molecular complexity index is 556. The van der Waals surface area contributed by atoms with Crippen LogP contribution in [0.25, 0.3) is 10.9 Å². The molecule has 0 saturated carbocycles. The predicted molar refractivity (Wildman–Crippen MR) is 74.7 cm³/mol. The number of aromatic nitrogens is 1. The summed E-state index contributed by atoms with van der Waals surface area (Å²) in [6.07, 6.45) is 4.59. The van der Waals surface area contributed by atoms with E-state index in [2.05, 4.69) is 18.5 Å². The number of rotatable bonds is 5. The topological polar surface area (TPSA) is 36.1 Å². The molecule has 0 radical (unpaired) electrons. The number of aromatic amines is 1. The fourth-order valence-corrected chi connectivity index (χ4v) is 2.06. The molecule has 1 amide bonds. The van der Waals surface area contributed by atoms with Crippen molar-refractivity contribution < 1.29 is 4.79 Å². The van der Waals surface area contributed by atoms with Crippen LogP contribution in [0.3, 0.4) is 0 Å². The highest BCUT2D eigenvalue weighted by molar-refractivity contribution is 5.98. The highest BCUT2D eigenvalue weighted by Crippen LogP contribution is 2.15. The number of H-pyrrole nitrogens is 1. The van der Waals surface area contributed by atoms with E-state index in [9.17, 15) is 4.79 Å². The van der Waals surface area contributed by atoms with Gasteiger partial charge < -0.3 is 9.88 Å². The van der Waals surface area contributed by atoms with Crippen molar-refractivity contribution in [1.29, 1.82) is 0 Å². The molecule has 18 heavy (non-hydrogen) atoms. The Morgan fingerprint density at radius 2 is 2.28 bits per heavy atom. The van der Waals surface area contributed by atoms with Gasteiger partial charge in [0.15, 0.2) is 0 Å². The lowest BCUT2D eigenvalue weighted by Crippen LogP contribution is -2.31. The smallest absolute Gasteiger partial charge is 0.254 e. The van der Waals surface area contributed by atoms with Crippen molar-refractivity contribution >= 4 is 16.8 Å². The molecule has 0 bridgehead atoms. The SMILES string of the molecule is C=CCN(CCC)C(=O)c1ccc2cc[nH]c2c1. The molecule has 0 aliphatic rings. The molecule has 0 unspecified atom stereocenters. The van der Waals surface area contributed by atoms with Crippen molar-refractivity contribution in [2.24, 2.45) is 0 Å². The van der Waals surface area contributed by atoms with Crippen LogP contribution in [0.1, 0.15) is 23.7 Å². The molecule has 0 fully saturated rings. The molecule has 3 heteroatoms. The third kappa shape index (κ3) is 2.45. The molecule has 1 heterocycles. The summed E-state index contributed by atoms with van der Waals surface area (Å²) >= 11 is 0. The van der Waals surface area contributed by atoms with Crippen molar-refractivity contribution in [1.82, 2.24) is 9.88 Å². The first-order valence-electron chi connectivity index (χ1n) is 6.23. The first-order valence-corrected chi connectivity index (χ1v) is 6.23. The van der Waals surface area contributed by atoms with E-state index in [-0.39, 0.29) is 5.91 Å². The van der Waals surface area contributed by atoms with E-state index in [1.165, 1.54) is 0 Å². The van der Waals surface area contributed by atoms with E-state index >= 15 is 0 Å². The Labute approximate surface area is 107 Å². The molecule has 94 valence electrons. The van der Waals surface area contributed by atoms with Gasteiger partial charge in [0.1, 0.15) is 0 Å². The number of fused-ring (bicyclic) bond motifs is 1. The summed E-state index contributed by atoms with van der Waals surface area (Å²) in [4.78, 5) is 17.3. The van der Waals surface area contributed by atoms with Gasteiger partial charge in [-0.15, -0.1) is 6.58 Å². The van der Waals surface area contributed by atoms with Crippen molar-refractivity contribution in [3.05, 3.63) is 48.7 Å². The summed E-state index contributed by atoms with van der Waals surface area (Å²) in [5, 5.41) is 1.12. The summed E-state index contributed by atoms with van der Waals surface area (Å²) in [6.45, 7) is 7.12. The van der Waals surface area contributed by atoms with Crippen LogP contribution in [0.15, 0.2) is 43.1 Å². The zero-order valence-corrected chi connectivity index (χ0v) is 10.6. The molecule has 1 aromatic heterocycles. The van der Waals surface area contributed by atoms with E-state index in [0.717, 1.165) is 29.4 Å². The normalized spacial score (nSPS) is 10.5. The maximum absolute atomic E-state index is 12.4. The maximum atomic E-state index is 12.4. The molecular weight excluding hydrogens is 224 g/mol. The Morgan fingerprint density at radius 1 is 1.44 bits per heavy atom. The lowest BCUT2D eigenvalue weighted by Gasteiger charge is -2.20. The maximum Gasteiger partial charge on any atom is 0.254 e. The monoisotopic (exact) mass is 242 g/mol. The average Bonchev–Trinajstić information content (AvgIpc) is 2.84. The molecule has 3 nitrogen and oxygen atoms in total. The van der Waals surface area contributed by atoms with Crippen LogP contribution in [0.5, 0.6) is 0 Å². The van der Waals surface area contributed by atoms with Gasteiger partial charge in [-0.25, -0.2) is 0 Å². The van der Waals surface area contributed by atoms with Crippen LogP contribution in [-0.4, -0.2) is 28.9 Å². The minimum Gasteiger partial charge on any atom is -0.361 e. The summed E-state index contributed by atoms with van der Waals surface area (Å²) in [5.74, 6) is 0.0632. The fraction of sp³-hybridized carbons (Fsp3) is 0.267. The van der Waals surface area contributed by atoms with Crippen molar-refractivity contribution in [2.45, 2.75) is 13.3 Å². The molecule has 1 N–H and O–H groups in total. The molecule has 2 rings (SSSR count). The van der Waals surface area contributed by atoms with E-state index in [1.54, 1.807) is 6.08 Å². The second kappa shape index (κ2) is 5.54. The second-order valence-corrected chi connectivity index (χ2v) is 4.32. The minimum atomic E-state index is 0.0632. The number of hydrogen-bond donors (Lipinski definition) is 1.